The second-order valence-electron chi connectivity index (χ2n) is 8.99. The van der Waals surface area contributed by atoms with Gasteiger partial charge in [-0.25, -0.2) is 9.18 Å². The highest BCUT2D eigenvalue weighted by atomic mass is 19.1. The van der Waals surface area contributed by atoms with E-state index in [0.29, 0.717) is 38.8 Å². The molecule has 2 aromatic rings. The SMILES string of the molecule is COC(=O)[C@H](Cc1ccc(C)cc1)NC(=O)CC1CCN(C(=O)CCc2cccc(F)c2)CC1. The third-order valence-corrected chi connectivity index (χ3v) is 6.34. The molecule has 34 heavy (non-hydrogen) atoms. The highest BCUT2D eigenvalue weighted by molar-refractivity contribution is 5.84. The molecule has 0 spiro atoms. The van der Waals surface area contributed by atoms with Gasteiger partial charge in [-0.1, -0.05) is 42.0 Å². The number of rotatable bonds is 9. The molecular weight excluding hydrogens is 435 g/mol. The number of nitrogens with zero attached hydrogens (tertiary/aromatic N) is 1. The molecule has 2 amide bonds. The predicted molar refractivity (Wildman–Crippen MR) is 127 cm³/mol. The Labute approximate surface area is 200 Å². The maximum absolute atomic E-state index is 13.3. The van der Waals surface area contributed by atoms with Gasteiger partial charge in [-0.3, -0.25) is 9.59 Å². The minimum absolute atomic E-state index is 0.0519. The van der Waals surface area contributed by atoms with E-state index in [1.54, 1.807) is 6.07 Å². The second kappa shape index (κ2) is 12.3. The zero-order valence-electron chi connectivity index (χ0n) is 19.9. The van der Waals surface area contributed by atoms with E-state index in [1.165, 1.54) is 19.2 Å². The molecule has 6 nitrogen and oxygen atoms in total. The Morgan fingerprint density at radius 3 is 2.44 bits per heavy atom. The summed E-state index contributed by atoms with van der Waals surface area (Å²) in [6, 6.07) is 13.4. The van der Waals surface area contributed by atoms with Gasteiger partial charge in [0.1, 0.15) is 11.9 Å². The molecule has 0 unspecified atom stereocenters. The summed E-state index contributed by atoms with van der Waals surface area (Å²) in [5, 5.41) is 2.83. The van der Waals surface area contributed by atoms with Gasteiger partial charge in [0.2, 0.25) is 11.8 Å². The summed E-state index contributed by atoms with van der Waals surface area (Å²) >= 11 is 0. The molecule has 0 aromatic heterocycles. The number of methoxy groups -OCH3 is 1. The average Bonchev–Trinajstić information content (AvgIpc) is 2.83. The number of piperidine rings is 1. The van der Waals surface area contributed by atoms with Crippen LogP contribution in [0, 0.1) is 18.7 Å². The number of hydrogen-bond donors (Lipinski definition) is 1. The van der Waals surface area contributed by atoms with Gasteiger partial charge in [-0.05, 0) is 55.4 Å². The zero-order chi connectivity index (χ0) is 24.5. The van der Waals surface area contributed by atoms with Crippen LogP contribution in [0.25, 0.3) is 0 Å². The summed E-state index contributed by atoms with van der Waals surface area (Å²) in [4.78, 5) is 39.2. The number of carbonyl (C=O) groups excluding carboxylic acids is 3. The Kier molecular flexibility index (Phi) is 9.19. The van der Waals surface area contributed by atoms with Crippen molar-refractivity contribution in [1.82, 2.24) is 10.2 Å². The van der Waals surface area contributed by atoms with E-state index in [4.69, 9.17) is 4.74 Å². The second-order valence-corrected chi connectivity index (χ2v) is 8.99. The molecule has 1 atom stereocenters. The molecule has 0 aliphatic carbocycles. The minimum Gasteiger partial charge on any atom is -0.467 e. The molecule has 2 aromatic carbocycles. The summed E-state index contributed by atoms with van der Waals surface area (Å²) in [6.45, 7) is 3.19. The number of hydrogen-bond acceptors (Lipinski definition) is 4. The largest absolute Gasteiger partial charge is 0.467 e. The number of nitrogens with one attached hydrogen (secondary N) is 1. The van der Waals surface area contributed by atoms with Crippen molar-refractivity contribution in [2.24, 2.45) is 5.92 Å². The number of halogens is 1. The van der Waals surface area contributed by atoms with Crippen molar-refractivity contribution in [2.45, 2.75) is 51.5 Å². The van der Waals surface area contributed by atoms with E-state index in [9.17, 15) is 18.8 Å². The zero-order valence-corrected chi connectivity index (χ0v) is 19.9. The molecule has 0 radical (unpaired) electrons. The molecule has 0 saturated carbocycles. The van der Waals surface area contributed by atoms with Gasteiger partial charge in [-0.2, -0.15) is 0 Å². The van der Waals surface area contributed by atoms with Crippen molar-refractivity contribution >= 4 is 17.8 Å². The van der Waals surface area contributed by atoms with Gasteiger partial charge in [0, 0.05) is 32.4 Å². The molecule has 0 bridgehead atoms. The van der Waals surface area contributed by atoms with E-state index >= 15 is 0 Å². The molecule has 7 heteroatoms. The quantitative estimate of drug-likeness (QED) is 0.571. The van der Waals surface area contributed by atoms with Crippen molar-refractivity contribution in [2.75, 3.05) is 20.2 Å². The summed E-state index contributed by atoms with van der Waals surface area (Å²) in [7, 11) is 1.32. The first kappa shape index (κ1) is 25.4. The van der Waals surface area contributed by atoms with Gasteiger partial charge in [0.15, 0.2) is 0 Å². The normalized spacial score (nSPS) is 15.0. The fourth-order valence-electron chi connectivity index (χ4n) is 4.30. The van der Waals surface area contributed by atoms with Crippen LogP contribution in [0.3, 0.4) is 0 Å². The van der Waals surface area contributed by atoms with Crippen molar-refractivity contribution in [3.05, 3.63) is 71.0 Å². The van der Waals surface area contributed by atoms with Gasteiger partial charge in [0.05, 0.1) is 7.11 Å². The number of likely N-dealkylation sites (tertiary alicyclic amines) is 1. The van der Waals surface area contributed by atoms with E-state index in [-0.39, 0.29) is 23.5 Å². The number of ether oxygens (including phenoxy) is 1. The summed E-state index contributed by atoms with van der Waals surface area (Å²) in [5.74, 6) is -0.732. The van der Waals surface area contributed by atoms with Crippen LogP contribution in [0.2, 0.25) is 0 Å². The lowest BCUT2D eigenvalue weighted by molar-refractivity contribution is -0.145. The Hall–Kier alpha value is -3.22. The summed E-state index contributed by atoms with van der Waals surface area (Å²) in [6.07, 6.45) is 3.01. The highest BCUT2D eigenvalue weighted by Gasteiger charge is 2.27. The van der Waals surface area contributed by atoms with Crippen LogP contribution in [-0.2, 0) is 32.0 Å². The Bertz CT molecular complexity index is 984. The van der Waals surface area contributed by atoms with Crippen LogP contribution in [0.15, 0.2) is 48.5 Å². The first-order valence-electron chi connectivity index (χ1n) is 11.8. The molecule has 3 rings (SSSR count). The third kappa shape index (κ3) is 7.68. The fourth-order valence-corrected chi connectivity index (χ4v) is 4.30. The van der Waals surface area contributed by atoms with Gasteiger partial charge >= 0.3 is 5.97 Å². The molecule has 1 aliphatic rings. The standard InChI is InChI=1S/C27H33FN2O4/c1-19-6-8-21(9-7-19)17-24(27(33)34-2)29-25(31)18-22-12-14-30(15-13-22)26(32)11-10-20-4-3-5-23(28)16-20/h3-9,16,22,24H,10-15,17-18H2,1-2H3,(H,29,31)/t24-/m0/s1. The van der Waals surface area contributed by atoms with Crippen molar-refractivity contribution in [3.63, 3.8) is 0 Å². The molecule has 1 aliphatic heterocycles. The van der Waals surface area contributed by atoms with Crippen LogP contribution in [0.5, 0.6) is 0 Å². The number of amides is 2. The van der Waals surface area contributed by atoms with Crippen molar-refractivity contribution in [1.29, 1.82) is 0 Å². The summed E-state index contributed by atoms with van der Waals surface area (Å²) in [5.41, 5.74) is 2.89. The molecule has 182 valence electrons. The molecule has 1 fully saturated rings. The smallest absolute Gasteiger partial charge is 0.328 e. The van der Waals surface area contributed by atoms with Crippen molar-refractivity contribution < 1.29 is 23.5 Å². The first-order chi connectivity index (χ1) is 16.3. The topological polar surface area (TPSA) is 75.7 Å². The monoisotopic (exact) mass is 468 g/mol. The van der Waals surface area contributed by atoms with Crippen LogP contribution >= 0.6 is 0 Å². The molecule has 1 saturated heterocycles. The van der Waals surface area contributed by atoms with E-state index in [0.717, 1.165) is 29.5 Å². The van der Waals surface area contributed by atoms with E-state index in [2.05, 4.69) is 5.32 Å². The predicted octanol–water partition coefficient (Wildman–Crippen LogP) is 3.60. The Balaban J connectivity index is 1.43. The van der Waals surface area contributed by atoms with Gasteiger partial charge in [-0.15, -0.1) is 0 Å². The van der Waals surface area contributed by atoms with Crippen LogP contribution in [0.1, 0.15) is 42.4 Å². The number of carbonyl (C=O) groups is 3. The van der Waals surface area contributed by atoms with Crippen LogP contribution in [-0.4, -0.2) is 48.9 Å². The Morgan fingerprint density at radius 2 is 1.79 bits per heavy atom. The third-order valence-electron chi connectivity index (χ3n) is 6.34. The minimum atomic E-state index is -0.732. The van der Waals surface area contributed by atoms with Gasteiger partial charge in [0.25, 0.3) is 0 Å². The lowest BCUT2D eigenvalue weighted by Gasteiger charge is -2.32. The lowest BCUT2D eigenvalue weighted by atomic mass is 9.92. The molecule has 1 heterocycles. The van der Waals surface area contributed by atoms with Crippen molar-refractivity contribution in [3.8, 4) is 0 Å². The number of aryl methyl sites for hydroxylation is 2. The summed E-state index contributed by atoms with van der Waals surface area (Å²) < 4.78 is 18.2. The fraction of sp³-hybridized carbons (Fsp3) is 0.444. The Morgan fingerprint density at radius 1 is 1.09 bits per heavy atom. The number of benzene rings is 2. The molecule has 1 N–H and O–H groups in total. The van der Waals surface area contributed by atoms with E-state index < -0.39 is 12.0 Å². The highest BCUT2D eigenvalue weighted by Crippen LogP contribution is 2.22. The lowest BCUT2D eigenvalue weighted by Crippen LogP contribution is -2.44. The average molecular weight is 469 g/mol. The van der Waals surface area contributed by atoms with Crippen LogP contribution in [0.4, 0.5) is 4.39 Å². The number of esters is 1. The molecular formula is C27H33FN2O4. The van der Waals surface area contributed by atoms with Gasteiger partial charge < -0.3 is 15.0 Å². The first-order valence-corrected chi connectivity index (χ1v) is 11.8. The van der Waals surface area contributed by atoms with Crippen LogP contribution < -0.4 is 5.32 Å². The maximum atomic E-state index is 13.3. The maximum Gasteiger partial charge on any atom is 0.328 e. The van der Waals surface area contributed by atoms with E-state index in [1.807, 2.05) is 42.2 Å².